The normalized spacial score (nSPS) is 12.1. The molecule has 0 bridgehead atoms. The van der Waals surface area contributed by atoms with Crippen LogP contribution in [0.4, 0.5) is 5.69 Å². The molecular weight excluding hydrogens is 567 g/mol. The van der Waals surface area contributed by atoms with Crippen LogP contribution >= 0.6 is 30.5 Å². The van der Waals surface area contributed by atoms with Crippen molar-refractivity contribution in [1.82, 2.24) is 14.5 Å². The van der Waals surface area contributed by atoms with Crippen LogP contribution in [0, 0.1) is 0 Å². The topological polar surface area (TPSA) is 117 Å². The van der Waals surface area contributed by atoms with Gasteiger partial charge in [-0.3, -0.25) is 13.9 Å². The van der Waals surface area contributed by atoms with Gasteiger partial charge < -0.3 is 15.1 Å². The van der Waals surface area contributed by atoms with Crippen molar-refractivity contribution in [2.75, 3.05) is 5.32 Å². The van der Waals surface area contributed by atoms with Crippen molar-refractivity contribution in [3.63, 3.8) is 0 Å². The summed E-state index contributed by atoms with van der Waals surface area (Å²) in [6, 6.07) is 21.8. The van der Waals surface area contributed by atoms with Crippen molar-refractivity contribution < 1.29 is 19.1 Å². The van der Waals surface area contributed by atoms with E-state index in [0.717, 1.165) is 21.5 Å². The molecule has 5 aromatic rings. The highest BCUT2D eigenvalue weighted by Crippen LogP contribution is 2.60. The lowest BCUT2D eigenvalue weighted by Crippen LogP contribution is -2.24. The molecule has 3 aromatic carbocycles. The number of benzene rings is 3. The molecule has 2 heterocycles. The number of thiazole rings is 1. The maximum atomic E-state index is 13.2. The van der Waals surface area contributed by atoms with E-state index in [9.17, 15) is 19.1 Å². The number of hydrogen-bond acceptors (Lipinski definition) is 5. The Balaban J connectivity index is 1.43. The predicted molar refractivity (Wildman–Crippen MR) is 160 cm³/mol. The number of nitrogens with zero attached hydrogens (tertiary/aromatic N) is 3. The highest BCUT2D eigenvalue weighted by atomic mass is 35.5. The molecule has 2 aromatic heterocycles. The van der Waals surface area contributed by atoms with Crippen molar-refractivity contribution in [3.05, 3.63) is 94.6 Å². The number of hydrogen-bond donors (Lipinski definition) is 3. The number of imidazole rings is 1. The van der Waals surface area contributed by atoms with Gasteiger partial charge >= 0.3 is 7.60 Å². The number of nitrogens with one attached hydrogen (secondary N) is 1. The van der Waals surface area contributed by atoms with E-state index in [-0.39, 0.29) is 12.3 Å². The van der Waals surface area contributed by atoms with Gasteiger partial charge in [-0.05, 0) is 54.8 Å². The van der Waals surface area contributed by atoms with Crippen LogP contribution in [0.5, 0.6) is 0 Å². The second-order valence-electron chi connectivity index (χ2n) is 9.46. The van der Waals surface area contributed by atoms with Crippen LogP contribution in [0.3, 0.4) is 0 Å². The molecular formula is C29H28ClN4O4PS. The van der Waals surface area contributed by atoms with E-state index in [1.807, 2.05) is 41.0 Å². The Kier molecular flexibility index (Phi) is 7.95. The Labute approximate surface area is 240 Å². The Morgan fingerprint density at radius 2 is 1.70 bits per heavy atom. The highest BCUT2D eigenvalue weighted by Gasteiger charge is 2.45. The fourth-order valence-corrected chi connectivity index (χ4v) is 7.46. The zero-order valence-electron chi connectivity index (χ0n) is 21.9. The maximum absolute atomic E-state index is 13.2. The number of carbonyl (C=O) groups is 1. The van der Waals surface area contributed by atoms with Gasteiger partial charge in [0.2, 0.25) is 5.91 Å². The van der Waals surface area contributed by atoms with Gasteiger partial charge in [-0.15, -0.1) is 11.3 Å². The van der Waals surface area contributed by atoms with Crippen molar-refractivity contribution >= 4 is 53.2 Å². The molecule has 11 heteroatoms. The molecule has 0 spiro atoms. The van der Waals surface area contributed by atoms with E-state index >= 15 is 0 Å². The summed E-state index contributed by atoms with van der Waals surface area (Å²) in [6.45, 7) is 3.54. The molecule has 0 unspecified atom stereocenters. The summed E-state index contributed by atoms with van der Waals surface area (Å²) in [4.78, 5) is 43.4. The van der Waals surface area contributed by atoms with Crippen LogP contribution in [0.2, 0.25) is 5.02 Å². The minimum absolute atomic E-state index is 0.0837. The van der Waals surface area contributed by atoms with Gasteiger partial charge in [-0.2, -0.15) is 0 Å². The molecule has 206 valence electrons. The molecule has 0 saturated carbocycles. The number of halogens is 1. The number of para-hydroxylation sites is 2. The SMILES string of the molecule is CCC(CC)(c1ccc(NC(=O)Cc2sc(-n3cnc4ccccc43)nc2-c2ccc(Cl)cc2)cc1)P(=O)(O)O. The minimum atomic E-state index is -4.40. The van der Waals surface area contributed by atoms with Crippen LogP contribution in [0.1, 0.15) is 37.1 Å². The number of fused-ring (bicyclic) bond motifs is 1. The second kappa shape index (κ2) is 11.3. The molecule has 1 amide bonds. The summed E-state index contributed by atoms with van der Waals surface area (Å²) in [7, 11) is -4.40. The minimum Gasteiger partial charge on any atom is -0.326 e. The Morgan fingerprint density at radius 1 is 1.02 bits per heavy atom. The molecule has 0 atom stereocenters. The first-order valence-electron chi connectivity index (χ1n) is 12.8. The molecule has 3 N–H and O–H groups in total. The Morgan fingerprint density at radius 3 is 2.35 bits per heavy atom. The van der Waals surface area contributed by atoms with Gasteiger partial charge in [0.15, 0.2) is 5.13 Å². The summed E-state index contributed by atoms with van der Waals surface area (Å²) in [5, 5.41) is 2.96. The summed E-state index contributed by atoms with van der Waals surface area (Å²) < 4.78 is 14.2. The lowest BCUT2D eigenvalue weighted by Gasteiger charge is -2.33. The molecule has 0 radical (unpaired) electrons. The first-order valence-corrected chi connectivity index (χ1v) is 15.6. The zero-order valence-corrected chi connectivity index (χ0v) is 24.4. The number of amides is 1. The van der Waals surface area contributed by atoms with E-state index in [0.29, 0.717) is 39.9 Å². The van der Waals surface area contributed by atoms with E-state index in [2.05, 4.69) is 10.3 Å². The number of carbonyl (C=O) groups excluding carboxylic acids is 1. The first-order chi connectivity index (χ1) is 19.1. The van der Waals surface area contributed by atoms with Gasteiger partial charge in [0.25, 0.3) is 0 Å². The monoisotopic (exact) mass is 594 g/mol. The van der Waals surface area contributed by atoms with Gasteiger partial charge in [0.1, 0.15) is 6.33 Å². The van der Waals surface area contributed by atoms with Gasteiger partial charge in [0.05, 0.1) is 28.3 Å². The largest absolute Gasteiger partial charge is 0.335 e. The fourth-order valence-electron chi connectivity index (χ4n) is 4.96. The van der Waals surface area contributed by atoms with E-state index in [1.54, 1.807) is 56.6 Å². The molecule has 0 aliphatic rings. The maximum Gasteiger partial charge on any atom is 0.335 e. The van der Waals surface area contributed by atoms with Gasteiger partial charge in [-0.1, -0.05) is 61.8 Å². The number of aromatic nitrogens is 3. The predicted octanol–water partition coefficient (Wildman–Crippen LogP) is 7.18. The number of anilines is 1. The third-order valence-corrected chi connectivity index (χ3v) is 10.5. The Hall–Kier alpha value is -3.33. The molecule has 0 fully saturated rings. The second-order valence-corrected chi connectivity index (χ2v) is 12.9. The zero-order chi connectivity index (χ0) is 28.5. The summed E-state index contributed by atoms with van der Waals surface area (Å²) in [6.07, 6.45) is 2.41. The summed E-state index contributed by atoms with van der Waals surface area (Å²) in [5.74, 6) is -0.235. The standard InChI is InChI=1S/C29H28ClN4O4PS/c1-3-29(4-2,39(36,37)38)20-11-15-22(16-12-20)32-26(35)17-25-27(19-9-13-21(30)14-10-19)33-28(40-25)34-18-31-23-7-5-6-8-24(23)34/h5-16,18H,3-4,17H2,1-2H3,(H,32,35)(H2,36,37,38). The fraction of sp³-hybridized carbons (Fsp3) is 0.207. The quantitative estimate of drug-likeness (QED) is 0.156. The molecule has 0 saturated heterocycles. The average Bonchev–Trinajstić information content (AvgIpc) is 3.54. The average molecular weight is 595 g/mol. The molecule has 5 rings (SSSR count). The Bertz CT molecular complexity index is 1710. The third kappa shape index (κ3) is 5.36. The van der Waals surface area contributed by atoms with Crippen molar-refractivity contribution in [2.24, 2.45) is 0 Å². The smallest absolute Gasteiger partial charge is 0.326 e. The van der Waals surface area contributed by atoms with E-state index < -0.39 is 12.8 Å². The van der Waals surface area contributed by atoms with E-state index in [4.69, 9.17) is 16.6 Å². The van der Waals surface area contributed by atoms with Gasteiger partial charge in [-0.25, -0.2) is 9.97 Å². The lowest BCUT2D eigenvalue weighted by atomic mass is 9.92. The molecule has 0 aliphatic carbocycles. The van der Waals surface area contributed by atoms with Crippen molar-refractivity contribution in [3.8, 4) is 16.4 Å². The van der Waals surface area contributed by atoms with Gasteiger partial charge in [0, 0.05) is 21.2 Å². The highest BCUT2D eigenvalue weighted by molar-refractivity contribution is 7.53. The molecule has 8 nitrogen and oxygen atoms in total. The van der Waals surface area contributed by atoms with Crippen LogP contribution in [-0.4, -0.2) is 30.2 Å². The van der Waals surface area contributed by atoms with Crippen LogP contribution < -0.4 is 5.32 Å². The van der Waals surface area contributed by atoms with E-state index in [1.165, 1.54) is 11.3 Å². The van der Waals surface area contributed by atoms with Crippen LogP contribution in [0.25, 0.3) is 27.4 Å². The van der Waals surface area contributed by atoms with Crippen LogP contribution in [0.15, 0.2) is 79.1 Å². The number of rotatable bonds is 9. The van der Waals surface area contributed by atoms with Crippen LogP contribution in [-0.2, 0) is 20.9 Å². The third-order valence-electron chi connectivity index (χ3n) is 7.22. The van der Waals surface area contributed by atoms with Crippen molar-refractivity contribution in [2.45, 2.75) is 38.3 Å². The van der Waals surface area contributed by atoms with Crippen molar-refractivity contribution in [1.29, 1.82) is 0 Å². The lowest BCUT2D eigenvalue weighted by molar-refractivity contribution is -0.115. The molecule has 0 aliphatic heterocycles. The first kappa shape index (κ1) is 28.2. The summed E-state index contributed by atoms with van der Waals surface area (Å²) in [5.41, 5.74) is 4.39. The summed E-state index contributed by atoms with van der Waals surface area (Å²) >= 11 is 7.53. The molecule has 40 heavy (non-hydrogen) atoms.